The van der Waals surface area contributed by atoms with E-state index < -0.39 is 36.4 Å². The molecule has 0 atom stereocenters. The second kappa shape index (κ2) is 30.2. The van der Waals surface area contributed by atoms with Gasteiger partial charge in [-0.05, 0) is 34.9 Å². The number of carboxylic acid groups (broad SMARTS) is 3. The summed E-state index contributed by atoms with van der Waals surface area (Å²) in [6.07, 6.45) is 0.223. The van der Waals surface area contributed by atoms with Crippen LogP contribution >= 0.6 is 0 Å². The molecule has 0 bridgehead atoms. The van der Waals surface area contributed by atoms with E-state index >= 15 is 0 Å². The molecule has 1 N–H and O–H groups in total. The van der Waals surface area contributed by atoms with Crippen molar-refractivity contribution in [2.45, 2.75) is 57.3 Å². The van der Waals surface area contributed by atoms with Crippen LogP contribution in [0.25, 0.3) is 0 Å². The van der Waals surface area contributed by atoms with Crippen molar-refractivity contribution in [2.24, 2.45) is 0 Å². The first kappa shape index (κ1) is 62.4. The van der Waals surface area contributed by atoms with Crippen molar-refractivity contribution in [3.63, 3.8) is 0 Å². The average Bonchev–Trinajstić information content (AvgIpc) is 3.65. The molecule has 0 aromatic heterocycles. The Morgan fingerprint density at radius 2 is 0.512 bits per heavy atom. The monoisotopic (exact) mass is 1100 g/mol. The highest BCUT2D eigenvalue weighted by molar-refractivity contribution is 5.86. The minimum Gasteiger partial charge on any atom is -0.550 e. The van der Waals surface area contributed by atoms with Crippen molar-refractivity contribution in [3.8, 4) is 0 Å². The molecular formula is C72H77N3O7. The number of aliphatic carboxylic acids is 3. The summed E-state index contributed by atoms with van der Waals surface area (Å²) in [4.78, 5) is 30.0. The van der Waals surface area contributed by atoms with Crippen LogP contribution in [0.3, 0.4) is 0 Å². The predicted molar refractivity (Wildman–Crippen MR) is 328 cm³/mol. The largest absolute Gasteiger partial charge is 0.550 e. The Hall–Kier alpha value is -8.77. The number of hydrogen-bond acceptors (Lipinski definition) is 7. The average molecular weight is 1100 g/mol. The molecular weight excluding hydrogens is 1020 g/mol. The van der Waals surface area contributed by atoms with Crippen LogP contribution in [0.4, 0.5) is 17.1 Å². The highest BCUT2D eigenvalue weighted by Crippen LogP contribution is 2.31. The van der Waals surface area contributed by atoms with Gasteiger partial charge in [0.1, 0.15) is 42.3 Å². The van der Waals surface area contributed by atoms with Crippen LogP contribution in [0, 0.1) is 0 Å². The third-order valence-corrected chi connectivity index (χ3v) is 14.2. The molecule has 0 heterocycles. The molecule has 0 amide bonds. The molecule has 82 heavy (non-hydrogen) atoms. The highest BCUT2D eigenvalue weighted by atomic mass is 16.4. The lowest BCUT2D eigenvalue weighted by atomic mass is 9.96. The van der Waals surface area contributed by atoms with Gasteiger partial charge in [0.25, 0.3) is 0 Å². The van der Waals surface area contributed by atoms with Gasteiger partial charge in [0.15, 0.2) is 0 Å². The summed E-state index contributed by atoms with van der Waals surface area (Å²) in [5.74, 6) is -5.98. The molecule has 0 unspecified atom stereocenters. The second-order valence-corrected chi connectivity index (χ2v) is 22.3. The van der Waals surface area contributed by atoms with Gasteiger partial charge in [0.05, 0.1) is 48.3 Å². The first-order valence-electron chi connectivity index (χ1n) is 27.5. The topological polar surface area (TPSA) is 141 Å². The van der Waals surface area contributed by atoms with Crippen LogP contribution in [0.1, 0.15) is 62.9 Å². The Kier molecular flexibility index (Phi) is 23.0. The predicted octanol–water partition coefficient (Wildman–Crippen LogP) is 9.88. The summed E-state index contributed by atoms with van der Waals surface area (Å²) in [5.41, 5.74) is 13.6. The maximum absolute atomic E-state index is 10.1. The van der Waals surface area contributed by atoms with E-state index in [4.69, 9.17) is 5.11 Å². The van der Waals surface area contributed by atoms with E-state index in [9.17, 15) is 29.7 Å². The van der Waals surface area contributed by atoms with Crippen molar-refractivity contribution in [2.75, 3.05) is 42.3 Å². The fourth-order valence-corrected chi connectivity index (χ4v) is 10.3. The van der Waals surface area contributed by atoms with Crippen molar-refractivity contribution in [1.29, 1.82) is 0 Å². The third kappa shape index (κ3) is 19.8. The van der Waals surface area contributed by atoms with E-state index in [1.54, 1.807) is 0 Å². The quantitative estimate of drug-likeness (QED) is 0.0750. The SMILES string of the molecule is C[N+](C)(Cc1ccccc1)c1ccccc1Cc1ccccc1.C[N+](C)(Cc1ccccc1)c1ccccc1Cc1ccccc1.C[N+](C)(Cc1ccccc1)c1ccccc1Cc1ccccc1.O=C([O-])CC(O)(CC(=O)[O-])C(=O)[O-]. The summed E-state index contributed by atoms with van der Waals surface area (Å²) >= 11 is 0. The minimum absolute atomic E-state index is 0.854. The van der Waals surface area contributed by atoms with Gasteiger partial charge in [-0.3, -0.25) is 13.4 Å². The number of quaternary nitrogens is 3. The molecule has 9 aromatic rings. The molecule has 0 saturated carbocycles. The van der Waals surface area contributed by atoms with Gasteiger partial charge in [0, 0.05) is 77.4 Å². The number of carboxylic acids is 3. The van der Waals surface area contributed by atoms with E-state index in [0.717, 1.165) is 52.3 Å². The van der Waals surface area contributed by atoms with Crippen molar-refractivity contribution in [1.82, 2.24) is 13.4 Å². The Morgan fingerprint density at radius 1 is 0.317 bits per heavy atom. The summed E-state index contributed by atoms with van der Waals surface area (Å²) in [7, 11) is 13.7. The normalized spacial score (nSPS) is 11.3. The van der Waals surface area contributed by atoms with E-state index in [-0.39, 0.29) is 0 Å². The maximum atomic E-state index is 10.1. The third-order valence-electron chi connectivity index (χ3n) is 14.2. The minimum atomic E-state index is -2.97. The van der Waals surface area contributed by atoms with Gasteiger partial charge >= 0.3 is 0 Å². The first-order chi connectivity index (χ1) is 39.2. The molecule has 0 radical (unpaired) electrons. The molecule has 0 fully saturated rings. The number of nitrogens with zero attached hydrogens (tertiary/aromatic N) is 3. The Labute approximate surface area is 485 Å². The molecule has 10 nitrogen and oxygen atoms in total. The Bertz CT molecular complexity index is 3040. The van der Waals surface area contributed by atoms with Crippen LogP contribution in [0.2, 0.25) is 0 Å². The smallest absolute Gasteiger partial charge is 0.136 e. The molecule has 0 aliphatic rings. The lowest BCUT2D eigenvalue weighted by Gasteiger charge is -2.31. The number of aliphatic hydroxyl groups is 1. The number of para-hydroxylation sites is 3. The lowest BCUT2D eigenvalue weighted by molar-refractivity contribution is -0.339. The van der Waals surface area contributed by atoms with Crippen LogP contribution in [-0.4, -0.2) is 70.9 Å². The molecule has 9 aromatic carbocycles. The first-order valence-corrected chi connectivity index (χ1v) is 27.5. The number of carbonyl (C=O) groups excluding carboxylic acids is 3. The zero-order valence-corrected chi connectivity index (χ0v) is 48.1. The van der Waals surface area contributed by atoms with Crippen molar-refractivity contribution < 1.29 is 34.8 Å². The summed E-state index contributed by atoms with van der Waals surface area (Å²) in [5, 5.41) is 38.9. The molecule has 0 saturated heterocycles. The van der Waals surface area contributed by atoms with Gasteiger partial charge in [-0.15, -0.1) is 0 Å². The van der Waals surface area contributed by atoms with E-state index in [2.05, 4.69) is 297 Å². The van der Waals surface area contributed by atoms with Gasteiger partial charge in [-0.25, -0.2) is 0 Å². The molecule has 0 aliphatic carbocycles. The molecule has 422 valence electrons. The lowest BCUT2D eigenvalue weighted by Crippen LogP contribution is -2.54. The van der Waals surface area contributed by atoms with E-state index in [0.29, 0.717) is 0 Å². The van der Waals surface area contributed by atoms with Crippen LogP contribution in [0.15, 0.2) is 255 Å². The van der Waals surface area contributed by atoms with E-state index in [1.807, 2.05) is 0 Å². The number of hydrogen-bond donors (Lipinski definition) is 1. The molecule has 0 aliphatic heterocycles. The summed E-state index contributed by atoms with van der Waals surface area (Å²) in [6, 6.07) is 90.7. The fraction of sp³-hybridized carbons (Fsp3) is 0.208. The van der Waals surface area contributed by atoms with Crippen LogP contribution < -0.4 is 28.8 Å². The summed E-state index contributed by atoms with van der Waals surface area (Å²) in [6.45, 7) is 2.98. The molecule has 0 spiro atoms. The Morgan fingerprint density at radius 3 is 0.720 bits per heavy atom. The van der Waals surface area contributed by atoms with Crippen LogP contribution in [0.5, 0.6) is 0 Å². The maximum Gasteiger partial charge on any atom is 0.136 e. The van der Waals surface area contributed by atoms with Crippen molar-refractivity contribution >= 4 is 35.0 Å². The number of benzene rings is 9. The molecule has 10 heteroatoms. The Balaban J connectivity index is 0.000000180. The van der Waals surface area contributed by atoms with Gasteiger partial charge in [-0.2, -0.15) is 0 Å². The zero-order valence-electron chi connectivity index (χ0n) is 48.1. The van der Waals surface area contributed by atoms with Gasteiger partial charge in [-0.1, -0.05) is 237 Å². The molecule has 9 rings (SSSR count). The van der Waals surface area contributed by atoms with Crippen LogP contribution in [-0.2, 0) is 53.3 Å². The highest BCUT2D eigenvalue weighted by Gasteiger charge is 2.30. The van der Waals surface area contributed by atoms with E-state index in [1.165, 1.54) is 67.1 Å². The van der Waals surface area contributed by atoms with Gasteiger partial charge < -0.3 is 34.8 Å². The van der Waals surface area contributed by atoms with Gasteiger partial charge in [0.2, 0.25) is 0 Å². The second-order valence-electron chi connectivity index (χ2n) is 22.3. The summed E-state index contributed by atoms with van der Waals surface area (Å²) < 4.78 is 2.56. The fourth-order valence-electron chi connectivity index (χ4n) is 10.3. The van der Waals surface area contributed by atoms with Crippen molar-refractivity contribution in [3.05, 3.63) is 305 Å². The number of rotatable bonds is 20. The zero-order chi connectivity index (χ0) is 59.0. The number of carbonyl (C=O) groups is 3. The standard InChI is InChI=1S/3C22H24N.C6H8O7/c3*1-23(2,18-20-13-7-4-8-14-20)22-16-10-9-15-21(22)17-19-11-5-3-6-12-19;7-3(8)1-6(13,5(11)12)2-4(9)10/h3*3-16H,17-18H2,1-2H3;13H,1-2H2,(H,7,8)(H,9,10)(H,11,12)/q3*+1;/p-3.